The minimum atomic E-state index is -4.15. The Bertz CT molecular complexity index is 1350. The van der Waals surface area contributed by atoms with Gasteiger partial charge in [-0.15, -0.1) is 0 Å². The van der Waals surface area contributed by atoms with Gasteiger partial charge >= 0.3 is 13.6 Å². The third-order valence-electron chi connectivity index (χ3n) is 6.84. The Kier molecular flexibility index (Phi) is 10.5. The number of hydrogen-bond donors (Lipinski definition) is 2. The lowest BCUT2D eigenvalue weighted by Crippen LogP contribution is -2.47. The molecule has 10 heteroatoms. The van der Waals surface area contributed by atoms with Crippen LogP contribution in [0, 0.1) is 0 Å². The fourth-order valence-electron chi connectivity index (χ4n) is 4.79. The average Bonchev–Trinajstić information content (AvgIpc) is 3.47. The number of rotatable bonds is 12. The van der Waals surface area contributed by atoms with Crippen LogP contribution < -0.4 is 11.1 Å². The minimum Gasteiger partial charge on any atom is -0.390 e. The van der Waals surface area contributed by atoms with Gasteiger partial charge in [0.1, 0.15) is 6.04 Å². The number of benzene rings is 3. The molecule has 0 spiro atoms. The maximum atomic E-state index is 14.3. The summed E-state index contributed by atoms with van der Waals surface area (Å²) in [7, 11) is -4.15. The summed E-state index contributed by atoms with van der Waals surface area (Å²) < 4.78 is 25.9. The Morgan fingerprint density at radius 3 is 2.15 bits per heavy atom. The molecule has 0 aliphatic carbocycles. The SMILES string of the molecule is C[C@H](N)C(=O)N1CCC[C@H]1C(=O)OP(=O)(CC(Cc1ccccc1)NC(=O)c1ccccc1)OCc1ccccc1. The summed E-state index contributed by atoms with van der Waals surface area (Å²) >= 11 is 0. The number of hydrogen-bond acceptors (Lipinski definition) is 7. The molecule has 4 rings (SSSR count). The molecular weight excluding hydrogens is 541 g/mol. The number of carbonyl (C=O) groups is 3. The van der Waals surface area contributed by atoms with Crippen molar-refractivity contribution in [2.45, 2.75) is 50.9 Å². The quantitative estimate of drug-likeness (QED) is 0.307. The third kappa shape index (κ3) is 8.60. The van der Waals surface area contributed by atoms with Crippen LogP contribution in [0.1, 0.15) is 41.3 Å². The molecule has 0 radical (unpaired) electrons. The number of carbonyl (C=O) groups excluding carboxylic acids is 3. The van der Waals surface area contributed by atoms with Crippen LogP contribution in [0.15, 0.2) is 91.0 Å². The van der Waals surface area contributed by atoms with Crippen molar-refractivity contribution in [1.82, 2.24) is 10.2 Å². The fourth-order valence-corrected chi connectivity index (χ4v) is 6.52. The van der Waals surface area contributed by atoms with E-state index in [0.717, 1.165) is 11.1 Å². The zero-order valence-corrected chi connectivity index (χ0v) is 24.0. The third-order valence-corrected chi connectivity index (χ3v) is 8.71. The second kappa shape index (κ2) is 14.2. The van der Waals surface area contributed by atoms with Crippen LogP contribution in [0.5, 0.6) is 0 Å². The summed E-state index contributed by atoms with van der Waals surface area (Å²) in [6.45, 7) is 1.85. The molecule has 3 aromatic carbocycles. The van der Waals surface area contributed by atoms with Crippen LogP contribution in [0.4, 0.5) is 0 Å². The van der Waals surface area contributed by atoms with Gasteiger partial charge in [-0.2, -0.15) is 0 Å². The van der Waals surface area contributed by atoms with Crippen LogP contribution in [0.3, 0.4) is 0 Å². The van der Waals surface area contributed by atoms with E-state index in [1.165, 1.54) is 4.90 Å². The number of nitrogens with zero attached hydrogens (tertiary/aromatic N) is 1. The number of likely N-dealkylation sites (tertiary alicyclic amines) is 1. The van der Waals surface area contributed by atoms with Crippen molar-refractivity contribution in [3.8, 4) is 0 Å². The molecule has 3 N–H and O–H groups in total. The Labute approximate surface area is 240 Å². The lowest BCUT2D eigenvalue weighted by molar-refractivity contribution is -0.147. The van der Waals surface area contributed by atoms with Crippen molar-refractivity contribution in [2.75, 3.05) is 12.7 Å². The predicted octanol–water partition coefficient (Wildman–Crippen LogP) is 4.32. The van der Waals surface area contributed by atoms with Gasteiger partial charge in [-0.1, -0.05) is 78.9 Å². The monoisotopic (exact) mass is 577 g/mol. The highest BCUT2D eigenvalue weighted by molar-refractivity contribution is 7.54. The van der Waals surface area contributed by atoms with Gasteiger partial charge in [0.05, 0.1) is 18.8 Å². The molecule has 1 fully saturated rings. The topological polar surface area (TPSA) is 128 Å². The van der Waals surface area contributed by atoms with E-state index in [1.54, 1.807) is 31.2 Å². The van der Waals surface area contributed by atoms with Crippen molar-refractivity contribution >= 4 is 25.4 Å². The Morgan fingerprint density at radius 2 is 1.54 bits per heavy atom. The second-order valence-electron chi connectivity index (χ2n) is 10.2. The summed E-state index contributed by atoms with van der Waals surface area (Å²) in [4.78, 5) is 40.5. The molecule has 41 heavy (non-hydrogen) atoms. The first-order valence-electron chi connectivity index (χ1n) is 13.7. The fraction of sp³-hybridized carbons (Fsp3) is 0.323. The van der Waals surface area contributed by atoms with Crippen LogP contribution >= 0.6 is 7.60 Å². The van der Waals surface area contributed by atoms with Crippen molar-refractivity contribution < 1.29 is 28.0 Å². The normalized spacial score (nSPS) is 17.7. The summed E-state index contributed by atoms with van der Waals surface area (Å²) in [5.41, 5.74) is 7.87. The van der Waals surface area contributed by atoms with Crippen molar-refractivity contribution in [3.05, 3.63) is 108 Å². The molecule has 3 aromatic rings. The lowest BCUT2D eigenvalue weighted by atomic mass is 10.1. The van der Waals surface area contributed by atoms with E-state index in [9.17, 15) is 18.9 Å². The van der Waals surface area contributed by atoms with E-state index in [1.807, 2.05) is 66.7 Å². The largest absolute Gasteiger partial charge is 0.390 e. The molecule has 2 amide bonds. The van der Waals surface area contributed by atoms with Gasteiger partial charge < -0.3 is 20.5 Å². The van der Waals surface area contributed by atoms with E-state index in [4.69, 9.17) is 14.8 Å². The van der Waals surface area contributed by atoms with E-state index in [2.05, 4.69) is 5.32 Å². The van der Waals surface area contributed by atoms with E-state index in [0.29, 0.717) is 31.4 Å². The van der Waals surface area contributed by atoms with Gasteiger partial charge in [-0.3, -0.25) is 14.1 Å². The van der Waals surface area contributed by atoms with E-state index < -0.39 is 31.7 Å². The molecule has 0 aromatic heterocycles. The highest BCUT2D eigenvalue weighted by atomic mass is 31.2. The Hall–Kier alpha value is -3.78. The lowest BCUT2D eigenvalue weighted by Gasteiger charge is -2.28. The highest BCUT2D eigenvalue weighted by Gasteiger charge is 2.41. The number of nitrogens with one attached hydrogen (secondary N) is 1. The summed E-state index contributed by atoms with van der Waals surface area (Å²) in [6.07, 6.45) is 1.03. The zero-order chi connectivity index (χ0) is 29.2. The summed E-state index contributed by atoms with van der Waals surface area (Å²) in [5, 5.41) is 2.96. The highest BCUT2D eigenvalue weighted by Crippen LogP contribution is 2.50. The molecule has 4 atom stereocenters. The predicted molar refractivity (Wildman–Crippen MR) is 156 cm³/mol. The smallest absolute Gasteiger partial charge is 0.383 e. The molecule has 9 nitrogen and oxygen atoms in total. The first kappa shape index (κ1) is 30.2. The van der Waals surface area contributed by atoms with Gasteiger partial charge in [-0.05, 0) is 49.4 Å². The first-order chi connectivity index (χ1) is 19.7. The summed E-state index contributed by atoms with van der Waals surface area (Å²) in [6, 6.07) is 24.9. The van der Waals surface area contributed by atoms with Gasteiger partial charge in [0.2, 0.25) is 5.91 Å². The van der Waals surface area contributed by atoms with Crippen LogP contribution in [-0.2, 0) is 36.2 Å². The molecule has 216 valence electrons. The van der Waals surface area contributed by atoms with Crippen molar-refractivity contribution in [2.24, 2.45) is 5.73 Å². The maximum Gasteiger partial charge on any atom is 0.383 e. The van der Waals surface area contributed by atoms with Gasteiger partial charge in [0.25, 0.3) is 5.91 Å². The van der Waals surface area contributed by atoms with Crippen LogP contribution in [0.25, 0.3) is 0 Å². The van der Waals surface area contributed by atoms with E-state index in [-0.39, 0.29) is 24.6 Å². The Balaban J connectivity index is 1.59. The molecule has 0 bridgehead atoms. The molecule has 1 aliphatic heterocycles. The Morgan fingerprint density at radius 1 is 0.951 bits per heavy atom. The standard InChI is InChI=1S/C31H36N3O6P/c1-23(32)30(36)34-19-11-18-28(34)31(37)40-41(38,39-21-25-14-7-3-8-15-25)22-27(20-24-12-5-2-6-13-24)33-29(35)26-16-9-4-10-17-26/h2-10,12-17,23,27-28H,11,18-22,32H2,1H3,(H,33,35)/t23-,27?,28-,41?/m0/s1. The zero-order valence-electron chi connectivity index (χ0n) is 23.1. The van der Waals surface area contributed by atoms with Gasteiger partial charge in [0, 0.05) is 18.2 Å². The number of amides is 2. The van der Waals surface area contributed by atoms with Crippen LogP contribution in [0.2, 0.25) is 0 Å². The molecular formula is C31H36N3O6P. The van der Waals surface area contributed by atoms with Gasteiger partial charge in [0.15, 0.2) is 0 Å². The van der Waals surface area contributed by atoms with E-state index >= 15 is 0 Å². The van der Waals surface area contributed by atoms with Crippen LogP contribution in [-0.4, -0.2) is 53.5 Å². The van der Waals surface area contributed by atoms with Crippen molar-refractivity contribution in [3.63, 3.8) is 0 Å². The van der Waals surface area contributed by atoms with Crippen molar-refractivity contribution in [1.29, 1.82) is 0 Å². The summed E-state index contributed by atoms with van der Waals surface area (Å²) in [5.74, 6) is -1.53. The number of nitrogens with two attached hydrogens (primary N) is 1. The minimum absolute atomic E-state index is 0.0662. The maximum absolute atomic E-state index is 14.3. The molecule has 1 heterocycles. The molecule has 2 unspecified atom stereocenters. The molecule has 1 saturated heterocycles. The first-order valence-corrected chi connectivity index (χ1v) is 15.4. The van der Waals surface area contributed by atoms with Gasteiger partial charge in [-0.25, -0.2) is 9.36 Å². The second-order valence-corrected chi connectivity index (χ2v) is 12.2. The average molecular weight is 578 g/mol. The molecule has 1 aliphatic rings. The molecule has 0 saturated carbocycles.